The molecule has 1 fully saturated rings. The van der Waals surface area contributed by atoms with Crippen molar-refractivity contribution in [3.63, 3.8) is 0 Å². The van der Waals surface area contributed by atoms with E-state index in [9.17, 15) is 8.42 Å². The molecule has 0 amide bonds. The highest BCUT2D eigenvalue weighted by molar-refractivity contribution is 9.10. The molecule has 0 radical (unpaired) electrons. The summed E-state index contributed by atoms with van der Waals surface area (Å²) in [7, 11) is -3.54. The van der Waals surface area contributed by atoms with Gasteiger partial charge in [0.05, 0.1) is 0 Å². The van der Waals surface area contributed by atoms with Crippen LogP contribution in [0.5, 0.6) is 0 Å². The lowest BCUT2D eigenvalue weighted by Crippen LogP contribution is -2.30. The maximum Gasteiger partial charge on any atom is 0.244 e. The average Bonchev–Trinajstić information content (AvgIpc) is 2.92. The first kappa shape index (κ1) is 16.1. The molecular weight excluding hydrogens is 362 g/mol. The molecule has 1 saturated heterocycles. The lowest BCUT2D eigenvalue weighted by atomic mass is 10.1. The average molecular weight is 380 g/mol. The van der Waals surface area contributed by atoms with E-state index >= 15 is 0 Å². The molecule has 2 rings (SSSR count). The van der Waals surface area contributed by atoms with Crippen LogP contribution in [0.3, 0.4) is 0 Å². The molecule has 0 aliphatic carbocycles. The number of nitrogens with one attached hydrogen (secondary N) is 2. The summed E-state index contributed by atoms with van der Waals surface area (Å²) in [4.78, 5) is 4.33. The van der Waals surface area contributed by atoms with E-state index in [4.69, 9.17) is 0 Å². The minimum Gasteiger partial charge on any atom is -0.369 e. The van der Waals surface area contributed by atoms with Crippen LogP contribution >= 0.6 is 27.7 Å². The quantitative estimate of drug-likeness (QED) is 0.793. The van der Waals surface area contributed by atoms with Gasteiger partial charge in [0.1, 0.15) is 10.7 Å². The summed E-state index contributed by atoms with van der Waals surface area (Å²) < 4.78 is 28.2. The number of sulfonamides is 1. The predicted molar refractivity (Wildman–Crippen MR) is 86.7 cm³/mol. The van der Waals surface area contributed by atoms with Gasteiger partial charge in [-0.05, 0) is 52.8 Å². The third-order valence-corrected chi connectivity index (χ3v) is 6.14. The highest BCUT2D eigenvalue weighted by atomic mass is 79.9. The first-order valence-corrected chi connectivity index (χ1v) is 9.93. The van der Waals surface area contributed by atoms with Crippen molar-refractivity contribution in [2.75, 3.05) is 29.9 Å². The Bertz CT molecular complexity index is 560. The molecule has 5 nitrogen and oxygen atoms in total. The Morgan fingerprint density at radius 1 is 1.55 bits per heavy atom. The van der Waals surface area contributed by atoms with Crippen LogP contribution in [0, 0.1) is 5.92 Å². The zero-order valence-corrected chi connectivity index (χ0v) is 14.4. The molecule has 0 spiro atoms. The first-order valence-electron chi connectivity index (χ1n) is 6.49. The predicted octanol–water partition coefficient (Wildman–Crippen LogP) is 2.31. The lowest BCUT2D eigenvalue weighted by molar-refractivity contribution is 0.545. The van der Waals surface area contributed by atoms with Crippen LogP contribution < -0.4 is 10.0 Å². The first-order chi connectivity index (χ1) is 9.53. The van der Waals surface area contributed by atoms with E-state index in [1.54, 1.807) is 12.3 Å². The second-order valence-corrected chi connectivity index (χ2v) is 8.41. The monoisotopic (exact) mass is 379 g/mol. The Morgan fingerprint density at radius 2 is 2.35 bits per heavy atom. The van der Waals surface area contributed by atoms with E-state index in [1.165, 1.54) is 0 Å². The van der Waals surface area contributed by atoms with Gasteiger partial charge in [0.15, 0.2) is 0 Å². The number of hydrogen-bond acceptors (Lipinski definition) is 5. The lowest BCUT2D eigenvalue weighted by Gasteiger charge is -2.14. The van der Waals surface area contributed by atoms with E-state index in [0.717, 1.165) is 17.9 Å². The summed E-state index contributed by atoms with van der Waals surface area (Å²) in [6.45, 7) is 3.02. The van der Waals surface area contributed by atoms with Gasteiger partial charge in [-0.1, -0.05) is 0 Å². The smallest absolute Gasteiger partial charge is 0.244 e. The van der Waals surface area contributed by atoms with Gasteiger partial charge in [0, 0.05) is 23.8 Å². The molecule has 8 heteroatoms. The Labute approximate surface area is 132 Å². The maximum atomic E-state index is 12.4. The molecular formula is C12H18BrN3O2S2. The number of rotatable bonds is 6. The summed E-state index contributed by atoms with van der Waals surface area (Å²) in [6.07, 6.45) is 2.66. The maximum absolute atomic E-state index is 12.4. The van der Waals surface area contributed by atoms with Crippen LogP contribution in [-0.2, 0) is 10.0 Å². The van der Waals surface area contributed by atoms with Gasteiger partial charge in [-0.2, -0.15) is 11.8 Å². The summed E-state index contributed by atoms with van der Waals surface area (Å²) in [5, 5.41) is 2.98. The van der Waals surface area contributed by atoms with Gasteiger partial charge in [0.25, 0.3) is 0 Å². The Morgan fingerprint density at radius 3 is 3.00 bits per heavy atom. The number of hydrogen-bond donors (Lipinski definition) is 2. The van der Waals surface area contributed by atoms with Crippen molar-refractivity contribution in [1.29, 1.82) is 0 Å². The van der Waals surface area contributed by atoms with Gasteiger partial charge in [-0.15, -0.1) is 0 Å². The Kier molecular flexibility index (Phi) is 5.71. The fourth-order valence-electron chi connectivity index (χ4n) is 1.98. The second-order valence-electron chi connectivity index (χ2n) is 4.61. The summed E-state index contributed by atoms with van der Waals surface area (Å²) >= 11 is 5.15. The molecule has 20 heavy (non-hydrogen) atoms. The van der Waals surface area contributed by atoms with Gasteiger partial charge < -0.3 is 5.32 Å². The highest BCUT2D eigenvalue weighted by Gasteiger charge is 2.23. The minimum absolute atomic E-state index is 0.194. The molecule has 112 valence electrons. The van der Waals surface area contributed by atoms with Gasteiger partial charge in [0.2, 0.25) is 10.0 Å². The summed E-state index contributed by atoms with van der Waals surface area (Å²) in [5.41, 5.74) is 0. The van der Waals surface area contributed by atoms with E-state index in [2.05, 4.69) is 31.0 Å². The number of halogens is 1. The third-order valence-electron chi connectivity index (χ3n) is 3.04. The largest absolute Gasteiger partial charge is 0.369 e. The van der Waals surface area contributed by atoms with Crippen molar-refractivity contribution in [1.82, 2.24) is 9.71 Å². The normalized spacial score (nSPS) is 19.2. The van der Waals surface area contributed by atoms with Crippen LogP contribution in [-0.4, -0.2) is 38.0 Å². The van der Waals surface area contributed by atoms with Crippen molar-refractivity contribution >= 4 is 43.5 Å². The van der Waals surface area contributed by atoms with E-state index < -0.39 is 10.0 Å². The second kappa shape index (κ2) is 7.11. The molecule has 1 atom stereocenters. The van der Waals surface area contributed by atoms with Gasteiger partial charge in [-0.25, -0.2) is 18.1 Å². The summed E-state index contributed by atoms with van der Waals surface area (Å²) in [6, 6.07) is 1.58. The molecule has 0 bridgehead atoms. The molecule has 1 aromatic rings. The number of anilines is 1. The zero-order valence-electron chi connectivity index (χ0n) is 11.2. The SMILES string of the molecule is CCNc1ncc(Br)cc1S(=O)(=O)NCC1CCSC1. The molecule has 1 aromatic heterocycles. The van der Waals surface area contributed by atoms with Crippen molar-refractivity contribution in [2.24, 2.45) is 5.92 Å². The number of aromatic nitrogens is 1. The van der Waals surface area contributed by atoms with Crippen molar-refractivity contribution < 1.29 is 8.42 Å². The number of thioether (sulfide) groups is 1. The minimum atomic E-state index is -3.54. The number of pyridine rings is 1. The third kappa shape index (κ3) is 4.09. The molecule has 1 aliphatic heterocycles. The van der Waals surface area contributed by atoms with Gasteiger partial charge >= 0.3 is 0 Å². The standard InChI is InChI=1S/C12H18BrN3O2S2/c1-2-14-12-11(5-10(13)7-15-12)20(17,18)16-6-9-3-4-19-8-9/h5,7,9,16H,2-4,6,8H2,1H3,(H,14,15). The molecule has 0 aromatic carbocycles. The van der Waals surface area contributed by atoms with Crippen molar-refractivity contribution in [2.45, 2.75) is 18.2 Å². The fourth-order valence-corrected chi connectivity index (χ4v) is 5.01. The van der Waals surface area contributed by atoms with E-state index in [0.29, 0.717) is 29.3 Å². The number of nitrogens with zero attached hydrogens (tertiary/aromatic N) is 1. The fraction of sp³-hybridized carbons (Fsp3) is 0.583. The van der Waals surface area contributed by atoms with Crippen LogP contribution in [0.15, 0.2) is 21.6 Å². The van der Waals surface area contributed by atoms with E-state index in [1.807, 2.05) is 18.7 Å². The molecule has 2 heterocycles. The van der Waals surface area contributed by atoms with Crippen LogP contribution in [0.4, 0.5) is 5.82 Å². The molecule has 1 unspecified atom stereocenters. The highest BCUT2D eigenvalue weighted by Crippen LogP contribution is 2.25. The van der Waals surface area contributed by atoms with Gasteiger partial charge in [-0.3, -0.25) is 0 Å². The van der Waals surface area contributed by atoms with Crippen molar-refractivity contribution in [3.8, 4) is 0 Å². The Balaban J connectivity index is 2.16. The molecule has 1 aliphatic rings. The van der Waals surface area contributed by atoms with E-state index in [-0.39, 0.29) is 4.90 Å². The topological polar surface area (TPSA) is 71.1 Å². The Hall–Kier alpha value is -0.310. The van der Waals surface area contributed by atoms with Crippen LogP contribution in [0.2, 0.25) is 0 Å². The molecule has 2 N–H and O–H groups in total. The van der Waals surface area contributed by atoms with Crippen LogP contribution in [0.1, 0.15) is 13.3 Å². The summed E-state index contributed by atoms with van der Waals surface area (Å²) in [5.74, 6) is 2.97. The molecule has 0 saturated carbocycles. The van der Waals surface area contributed by atoms with Crippen molar-refractivity contribution in [3.05, 3.63) is 16.7 Å². The van der Waals surface area contributed by atoms with Crippen LogP contribution in [0.25, 0.3) is 0 Å². The zero-order chi connectivity index (χ0) is 14.6.